The zero-order valence-electron chi connectivity index (χ0n) is 15.3. The molecule has 1 amide bonds. The van der Waals surface area contributed by atoms with Gasteiger partial charge in [0.1, 0.15) is 6.54 Å². The summed E-state index contributed by atoms with van der Waals surface area (Å²) in [6.07, 6.45) is 0.919. The van der Waals surface area contributed by atoms with Gasteiger partial charge in [0.2, 0.25) is 5.91 Å². The summed E-state index contributed by atoms with van der Waals surface area (Å²) in [4.78, 5) is 28.3. The van der Waals surface area contributed by atoms with Gasteiger partial charge in [0.25, 0.3) is 0 Å². The predicted octanol–water partition coefficient (Wildman–Crippen LogP) is 4.29. The molecule has 3 rings (SSSR count). The van der Waals surface area contributed by atoms with Crippen LogP contribution in [-0.4, -0.2) is 21.9 Å². The lowest BCUT2D eigenvalue weighted by atomic mass is 10.1. The second-order valence-electron chi connectivity index (χ2n) is 6.88. The van der Waals surface area contributed by atoms with Crippen molar-refractivity contribution in [3.8, 4) is 0 Å². The fraction of sp³-hybridized carbons (Fsp3) is 0.400. The van der Waals surface area contributed by atoms with E-state index in [2.05, 4.69) is 13.8 Å². The summed E-state index contributed by atoms with van der Waals surface area (Å²) < 4.78 is 6.67. The van der Waals surface area contributed by atoms with Crippen LogP contribution >= 0.6 is 11.3 Å². The van der Waals surface area contributed by atoms with Crippen molar-refractivity contribution < 1.29 is 9.21 Å². The molecule has 0 bridgehead atoms. The first-order chi connectivity index (χ1) is 12.5. The summed E-state index contributed by atoms with van der Waals surface area (Å²) in [5.74, 6) is -0.0642. The topological polar surface area (TPSA) is 55.5 Å². The van der Waals surface area contributed by atoms with E-state index < -0.39 is 5.76 Å². The van der Waals surface area contributed by atoms with E-state index in [1.165, 1.54) is 4.57 Å². The van der Waals surface area contributed by atoms with Gasteiger partial charge in [-0.3, -0.25) is 9.36 Å². The van der Waals surface area contributed by atoms with Gasteiger partial charge in [0, 0.05) is 11.4 Å². The molecule has 3 aromatic rings. The van der Waals surface area contributed by atoms with Crippen LogP contribution in [0.1, 0.15) is 38.1 Å². The fourth-order valence-corrected chi connectivity index (χ4v) is 3.80. The molecule has 138 valence electrons. The summed E-state index contributed by atoms with van der Waals surface area (Å²) >= 11 is 1.64. The molecule has 0 N–H and O–H groups in total. The highest BCUT2D eigenvalue weighted by atomic mass is 32.1. The van der Waals surface area contributed by atoms with E-state index in [-0.39, 0.29) is 18.5 Å². The molecule has 0 saturated heterocycles. The number of para-hydroxylation sites is 2. The van der Waals surface area contributed by atoms with Crippen molar-refractivity contribution in [3.05, 3.63) is 57.2 Å². The van der Waals surface area contributed by atoms with Crippen molar-refractivity contribution in [2.75, 3.05) is 6.54 Å². The van der Waals surface area contributed by atoms with Crippen molar-refractivity contribution in [1.82, 2.24) is 9.47 Å². The molecule has 1 atom stereocenters. The summed E-state index contributed by atoms with van der Waals surface area (Å²) in [6.45, 7) is 6.99. The Balaban J connectivity index is 1.86. The number of nitrogens with zero attached hydrogens (tertiary/aromatic N) is 2. The second-order valence-corrected chi connectivity index (χ2v) is 7.86. The largest absolute Gasteiger partial charge is 0.420 e. The lowest BCUT2D eigenvalue weighted by Gasteiger charge is -2.29. The smallest absolute Gasteiger partial charge is 0.408 e. The van der Waals surface area contributed by atoms with Crippen LogP contribution in [0.2, 0.25) is 0 Å². The van der Waals surface area contributed by atoms with Crippen LogP contribution in [0.5, 0.6) is 0 Å². The number of oxazole rings is 1. The van der Waals surface area contributed by atoms with Crippen LogP contribution in [0.15, 0.2) is 51.0 Å². The van der Waals surface area contributed by atoms with Gasteiger partial charge in [-0.2, -0.15) is 0 Å². The van der Waals surface area contributed by atoms with Crippen molar-refractivity contribution in [1.29, 1.82) is 0 Å². The van der Waals surface area contributed by atoms with Crippen LogP contribution in [0, 0.1) is 5.92 Å². The highest BCUT2D eigenvalue weighted by molar-refractivity contribution is 7.10. The van der Waals surface area contributed by atoms with Gasteiger partial charge < -0.3 is 9.32 Å². The molecule has 5 nitrogen and oxygen atoms in total. The van der Waals surface area contributed by atoms with E-state index in [0.717, 1.165) is 11.3 Å². The number of hydrogen-bond acceptors (Lipinski definition) is 4. The zero-order valence-corrected chi connectivity index (χ0v) is 16.2. The molecule has 2 heterocycles. The lowest BCUT2D eigenvalue weighted by molar-refractivity contribution is -0.134. The molecule has 0 fully saturated rings. The van der Waals surface area contributed by atoms with E-state index in [1.807, 2.05) is 41.5 Å². The SMILES string of the molecule is CC(C)CCN(C(=O)Cn1c(=O)oc2ccccc21)[C@H](C)c1cccs1. The van der Waals surface area contributed by atoms with E-state index >= 15 is 0 Å². The molecule has 0 saturated carbocycles. The fourth-order valence-electron chi connectivity index (χ4n) is 3.00. The molecule has 0 aliphatic heterocycles. The second kappa shape index (κ2) is 7.91. The van der Waals surface area contributed by atoms with Crippen LogP contribution in [-0.2, 0) is 11.3 Å². The maximum Gasteiger partial charge on any atom is 0.420 e. The summed E-state index contributed by atoms with van der Waals surface area (Å²) in [5.41, 5.74) is 1.16. The number of aromatic nitrogens is 1. The van der Waals surface area contributed by atoms with E-state index in [1.54, 1.807) is 23.5 Å². The monoisotopic (exact) mass is 372 g/mol. The van der Waals surface area contributed by atoms with Gasteiger partial charge in [-0.25, -0.2) is 4.79 Å². The molecule has 2 aromatic heterocycles. The molecule has 0 unspecified atom stereocenters. The van der Waals surface area contributed by atoms with E-state index in [0.29, 0.717) is 23.6 Å². The van der Waals surface area contributed by atoms with Crippen molar-refractivity contribution in [2.45, 2.75) is 39.8 Å². The number of fused-ring (bicyclic) bond motifs is 1. The third kappa shape index (κ3) is 3.90. The van der Waals surface area contributed by atoms with Crippen LogP contribution in [0.4, 0.5) is 0 Å². The van der Waals surface area contributed by atoms with Crippen molar-refractivity contribution in [2.24, 2.45) is 5.92 Å². The Morgan fingerprint density at radius 2 is 1.96 bits per heavy atom. The number of amides is 1. The minimum Gasteiger partial charge on any atom is -0.408 e. The molecule has 0 spiro atoms. The summed E-state index contributed by atoms with van der Waals surface area (Å²) in [6, 6.07) is 11.2. The number of carbonyl (C=O) groups excluding carboxylic acids is 1. The Morgan fingerprint density at radius 1 is 1.19 bits per heavy atom. The van der Waals surface area contributed by atoms with Gasteiger partial charge in [-0.15, -0.1) is 11.3 Å². The highest BCUT2D eigenvalue weighted by Crippen LogP contribution is 2.26. The van der Waals surface area contributed by atoms with Crippen molar-refractivity contribution in [3.63, 3.8) is 0 Å². The average Bonchev–Trinajstić information content (AvgIpc) is 3.23. The first kappa shape index (κ1) is 18.5. The van der Waals surface area contributed by atoms with Crippen LogP contribution in [0.25, 0.3) is 11.1 Å². The van der Waals surface area contributed by atoms with Gasteiger partial charge in [-0.05, 0) is 42.8 Å². The molecular weight excluding hydrogens is 348 g/mol. The molecule has 26 heavy (non-hydrogen) atoms. The van der Waals surface area contributed by atoms with Gasteiger partial charge >= 0.3 is 5.76 Å². The number of carbonyl (C=O) groups is 1. The van der Waals surface area contributed by atoms with Gasteiger partial charge in [0.05, 0.1) is 11.6 Å². The Bertz CT molecular complexity index is 924. The first-order valence-corrected chi connectivity index (χ1v) is 9.76. The highest BCUT2D eigenvalue weighted by Gasteiger charge is 2.24. The first-order valence-electron chi connectivity index (χ1n) is 8.88. The number of hydrogen-bond donors (Lipinski definition) is 0. The maximum atomic E-state index is 13.1. The number of thiophene rings is 1. The third-order valence-corrected chi connectivity index (χ3v) is 5.60. The van der Waals surface area contributed by atoms with E-state index in [4.69, 9.17) is 4.42 Å². The number of benzene rings is 1. The third-order valence-electron chi connectivity index (χ3n) is 4.56. The minimum atomic E-state index is -0.493. The standard InChI is InChI=1S/C20H24N2O3S/c1-14(2)10-11-21(15(3)18-9-6-12-26-18)19(23)13-22-16-7-4-5-8-17(16)25-20(22)24/h4-9,12,14-15H,10-11,13H2,1-3H3/t15-/m1/s1. The molecule has 0 radical (unpaired) electrons. The van der Waals surface area contributed by atoms with Crippen LogP contribution in [0.3, 0.4) is 0 Å². The molecule has 0 aliphatic rings. The molecule has 6 heteroatoms. The maximum absolute atomic E-state index is 13.1. The molecule has 0 aliphatic carbocycles. The Morgan fingerprint density at radius 3 is 2.65 bits per heavy atom. The normalized spacial score (nSPS) is 12.6. The Kier molecular flexibility index (Phi) is 5.61. The minimum absolute atomic E-state index is 0.0103. The predicted molar refractivity (Wildman–Crippen MR) is 104 cm³/mol. The lowest BCUT2D eigenvalue weighted by Crippen LogP contribution is -2.38. The van der Waals surface area contributed by atoms with Crippen molar-refractivity contribution >= 4 is 28.3 Å². The van der Waals surface area contributed by atoms with Crippen LogP contribution < -0.4 is 5.76 Å². The average molecular weight is 372 g/mol. The van der Waals surface area contributed by atoms with Gasteiger partial charge in [0.15, 0.2) is 5.58 Å². The Labute approximate surface area is 156 Å². The number of rotatable bonds is 7. The van der Waals surface area contributed by atoms with E-state index in [9.17, 15) is 9.59 Å². The Hall–Kier alpha value is -2.34. The zero-order chi connectivity index (χ0) is 18.7. The summed E-state index contributed by atoms with van der Waals surface area (Å²) in [5, 5.41) is 2.02. The quantitative estimate of drug-likeness (QED) is 0.622. The van der Waals surface area contributed by atoms with Gasteiger partial charge in [-0.1, -0.05) is 32.0 Å². The summed E-state index contributed by atoms with van der Waals surface area (Å²) in [7, 11) is 0. The molecule has 1 aromatic carbocycles. The molecular formula is C20H24N2O3S.